The lowest BCUT2D eigenvalue weighted by Crippen LogP contribution is -2.41. The summed E-state index contributed by atoms with van der Waals surface area (Å²) in [5, 5.41) is 12.4. The quantitative estimate of drug-likeness (QED) is 0.895. The molecule has 114 valence electrons. The van der Waals surface area contributed by atoms with Crippen LogP contribution in [0.5, 0.6) is 0 Å². The monoisotopic (exact) mass is 309 g/mol. The van der Waals surface area contributed by atoms with Crippen LogP contribution in [0.2, 0.25) is 5.02 Å². The second-order valence-electron chi connectivity index (χ2n) is 6.23. The maximum atomic E-state index is 12.4. The van der Waals surface area contributed by atoms with Gasteiger partial charge in [0.1, 0.15) is 0 Å². The molecule has 1 aromatic carbocycles. The SMILES string of the molecule is CC1(C)CCCC1C(=O)N[C@@H](C(=O)O)c1ccccc1Cl. The molecule has 1 aliphatic carbocycles. The first kappa shape index (κ1) is 15.8. The number of nitrogens with one attached hydrogen (secondary N) is 1. The third kappa shape index (κ3) is 3.38. The molecule has 1 aliphatic rings. The molecule has 1 saturated carbocycles. The molecule has 0 spiro atoms. The van der Waals surface area contributed by atoms with E-state index in [1.165, 1.54) is 0 Å². The highest BCUT2D eigenvalue weighted by molar-refractivity contribution is 6.31. The van der Waals surface area contributed by atoms with Crippen LogP contribution in [0.1, 0.15) is 44.7 Å². The second-order valence-corrected chi connectivity index (χ2v) is 6.64. The highest BCUT2D eigenvalue weighted by atomic mass is 35.5. The van der Waals surface area contributed by atoms with Gasteiger partial charge < -0.3 is 10.4 Å². The second kappa shape index (κ2) is 6.06. The third-order valence-corrected chi connectivity index (χ3v) is 4.67. The highest BCUT2D eigenvalue weighted by Gasteiger charge is 2.40. The summed E-state index contributed by atoms with van der Waals surface area (Å²) in [6.07, 6.45) is 2.78. The molecular weight excluding hydrogens is 290 g/mol. The van der Waals surface area contributed by atoms with Gasteiger partial charge in [-0.15, -0.1) is 0 Å². The summed E-state index contributed by atoms with van der Waals surface area (Å²) in [5.74, 6) is -1.46. The van der Waals surface area contributed by atoms with E-state index in [2.05, 4.69) is 19.2 Å². The molecular formula is C16H20ClNO3. The zero-order valence-corrected chi connectivity index (χ0v) is 13.0. The van der Waals surface area contributed by atoms with Gasteiger partial charge >= 0.3 is 5.97 Å². The Morgan fingerprint density at radius 3 is 2.57 bits per heavy atom. The van der Waals surface area contributed by atoms with Crippen LogP contribution >= 0.6 is 11.6 Å². The van der Waals surface area contributed by atoms with Crippen molar-refractivity contribution in [3.63, 3.8) is 0 Å². The van der Waals surface area contributed by atoms with Gasteiger partial charge in [-0.3, -0.25) is 4.79 Å². The maximum absolute atomic E-state index is 12.4. The van der Waals surface area contributed by atoms with Crippen molar-refractivity contribution >= 4 is 23.5 Å². The number of rotatable bonds is 4. The van der Waals surface area contributed by atoms with E-state index in [4.69, 9.17) is 11.6 Å². The van der Waals surface area contributed by atoms with E-state index in [1.54, 1.807) is 24.3 Å². The smallest absolute Gasteiger partial charge is 0.330 e. The number of carbonyl (C=O) groups excluding carboxylic acids is 1. The molecule has 0 radical (unpaired) electrons. The number of benzene rings is 1. The van der Waals surface area contributed by atoms with Gasteiger partial charge in [-0.1, -0.05) is 50.1 Å². The first-order valence-electron chi connectivity index (χ1n) is 7.10. The zero-order valence-electron chi connectivity index (χ0n) is 12.2. The number of hydrogen-bond donors (Lipinski definition) is 2. The minimum Gasteiger partial charge on any atom is -0.479 e. The Morgan fingerprint density at radius 1 is 1.38 bits per heavy atom. The van der Waals surface area contributed by atoms with E-state index in [0.717, 1.165) is 19.3 Å². The van der Waals surface area contributed by atoms with Crippen LogP contribution in [0.25, 0.3) is 0 Å². The molecule has 0 heterocycles. The molecule has 2 N–H and O–H groups in total. The van der Waals surface area contributed by atoms with E-state index in [1.807, 2.05) is 0 Å². The van der Waals surface area contributed by atoms with Gasteiger partial charge in [-0.05, 0) is 24.3 Å². The Bertz CT molecular complexity index is 556. The van der Waals surface area contributed by atoms with Crippen molar-refractivity contribution < 1.29 is 14.7 Å². The average Bonchev–Trinajstić information content (AvgIpc) is 2.76. The van der Waals surface area contributed by atoms with Crippen LogP contribution in [0, 0.1) is 11.3 Å². The average molecular weight is 310 g/mol. The van der Waals surface area contributed by atoms with Gasteiger partial charge in [0, 0.05) is 16.5 Å². The summed E-state index contributed by atoms with van der Waals surface area (Å²) in [6.45, 7) is 4.10. The predicted octanol–water partition coefficient (Wildman–Crippen LogP) is 3.41. The number of carboxylic acids is 1. The first-order valence-corrected chi connectivity index (χ1v) is 7.48. The number of aliphatic carboxylic acids is 1. The van der Waals surface area contributed by atoms with E-state index < -0.39 is 12.0 Å². The molecule has 0 aliphatic heterocycles. The van der Waals surface area contributed by atoms with Crippen molar-refractivity contribution in [2.45, 2.75) is 39.2 Å². The third-order valence-electron chi connectivity index (χ3n) is 4.32. The topological polar surface area (TPSA) is 66.4 Å². The highest BCUT2D eigenvalue weighted by Crippen LogP contribution is 2.42. The van der Waals surface area contributed by atoms with Crippen LogP contribution in [-0.2, 0) is 9.59 Å². The Labute approximate surface area is 129 Å². The van der Waals surface area contributed by atoms with E-state index in [9.17, 15) is 14.7 Å². The molecule has 0 saturated heterocycles. The van der Waals surface area contributed by atoms with Crippen molar-refractivity contribution in [3.8, 4) is 0 Å². The Balaban J connectivity index is 2.20. The molecule has 0 bridgehead atoms. The summed E-state index contributed by atoms with van der Waals surface area (Å²) >= 11 is 6.05. The molecule has 1 fully saturated rings. The van der Waals surface area contributed by atoms with Crippen molar-refractivity contribution in [3.05, 3.63) is 34.9 Å². The van der Waals surface area contributed by atoms with Crippen LogP contribution in [-0.4, -0.2) is 17.0 Å². The number of carboxylic acid groups (broad SMARTS) is 1. The number of carbonyl (C=O) groups is 2. The van der Waals surface area contributed by atoms with Crippen LogP contribution < -0.4 is 5.32 Å². The summed E-state index contributed by atoms with van der Waals surface area (Å²) < 4.78 is 0. The summed E-state index contributed by atoms with van der Waals surface area (Å²) in [4.78, 5) is 23.9. The maximum Gasteiger partial charge on any atom is 0.330 e. The van der Waals surface area contributed by atoms with Crippen molar-refractivity contribution in [1.29, 1.82) is 0 Å². The molecule has 1 amide bonds. The van der Waals surface area contributed by atoms with Crippen LogP contribution in [0.3, 0.4) is 0 Å². The summed E-state index contributed by atoms with van der Waals surface area (Å²) in [7, 11) is 0. The molecule has 0 aromatic heterocycles. The minimum atomic E-state index is -1.11. The number of amides is 1. The van der Waals surface area contributed by atoms with Gasteiger partial charge in [0.2, 0.25) is 5.91 Å². The molecule has 2 atom stereocenters. The van der Waals surface area contributed by atoms with Gasteiger partial charge in [0.15, 0.2) is 6.04 Å². The fourth-order valence-corrected chi connectivity index (χ4v) is 3.28. The van der Waals surface area contributed by atoms with E-state index in [0.29, 0.717) is 10.6 Å². The van der Waals surface area contributed by atoms with Crippen LogP contribution in [0.15, 0.2) is 24.3 Å². The van der Waals surface area contributed by atoms with Crippen molar-refractivity contribution in [2.75, 3.05) is 0 Å². The molecule has 21 heavy (non-hydrogen) atoms. The predicted molar refractivity (Wildman–Crippen MR) is 81.1 cm³/mol. The summed E-state index contributed by atoms with van der Waals surface area (Å²) in [5.41, 5.74) is 0.323. The summed E-state index contributed by atoms with van der Waals surface area (Å²) in [6, 6.07) is 5.58. The lowest BCUT2D eigenvalue weighted by atomic mass is 9.81. The lowest BCUT2D eigenvalue weighted by Gasteiger charge is -2.27. The number of hydrogen-bond acceptors (Lipinski definition) is 2. The molecule has 5 heteroatoms. The minimum absolute atomic E-state index is 0.0897. The Morgan fingerprint density at radius 2 is 2.05 bits per heavy atom. The molecule has 1 unspecified atom stereocenters. The van der Waals surface area contributed by atoms with E-state index in [-0.39, 0.29) is 17.2 Å². The van der Waals surface area contributed by atoms with Crippen molar-refractivity contribution in [1.82, 2.24) is 5.32 Å². The van der Waals surface area contributed by atoms with Gasteiger partial charge in [-0.25, -0.2) is 4.79 Å². The number of halogens is 1. The van der Waals surface area contributed by atoms with Gasteiger partial charge in [-0.2, -0.15) is 0 Å². The Kier molecular flexibility index (Phi) is 4.57. The standard InChI is InChI=1S/C16H20ClNO3/c1-16(2)9-5-7-11(16)14(19)18-13(15(20)21)10-6-3-4-8-12(10)17/h3-4,6,8,11,13H,5,7,9H2,1-2H3,(H,18,19)(H,20,21)/t11?,13-/m1/s1. The van der Waals surface area contributed by atoms with Gasteiger partial charge in [0.05, 0.1) is 0 Å². The largest absolute Gasteiger partial charge is 0.479 e. The van der Waals surface area contributed by atoms with E-state index >= 15 is 0 Å². The molecule has 2 rings (SSSR count). The van der Waals surface area contributed by atoms with Crippen LogP contribution in [0.4, 0.5) is 0 Å². The van der Waals surface area contributed by atoms with Crippen molar-refractivity contribution in [2.24, 2.45) is 11.3 Å². The fourth-order valence-electron chi connectivity index (χ4n) is 3.04. The Hall–Kier alpha value is -1.55. The lowest BCUT2D eigenvalue weighted by molar-refractivity contribution is -0.143. The zero-order chi connectivity index (χ0) is 15.6. The van der Waals surface area contributed by atoms with Gasteiger partial charge in [0.25, 0.3) is 0 Å². The first-order chi connectivity index (χ1) is 9.83. The molecule has 1 aromatic rings. The molecule has 4 nitrogen and oxygen atoms in total. The normalized spacial score (nSPS) is 21.8. The fraction of sp³-hybridized carbons (Fsp3) is 0.500.